The summed E-state index contributed by atoms with van der Waals surface area (Å²) in [7, 11) is 0. The highest BCUT2D eigenvalue weighted by Gasteiger charge is 2.49. The Bertz CT molecular complexity index is 1820. The summed E-state index contributed by atoms with van der Waals surface area (Å²) in [6, 6.07) is 9.61. The quantitative estimate of drug-likeness (QED) is 0.228. The molecule has 0 spiro atoms. The number of carbonyl (C=O) groups excluding carboxylic acids is 3. The minimum atomic E-state index is -4.55. The molecule has 268 valence electrons. The molecule has 2 heterocycles. The molecule has 2 aliphatic rings. The highest BCUT2D eigenvalue weighted by molar-refractivity contribution is 8.00. The second kappa shape index (κ2) is 14.8. The molecule has 1 atom stereocenters. The second-order valence-corrected chi connectivity index (χ2v) is 15.7. The zero-order valence-electron chi connectivity index (χ0n) is 28.3. The summed E-state index contributed by atoms with van der Waals surface area (Å²) in [5.41, 5.74) is -5.58. The number of fused-ring (bicyclic) bond motifs is 1. The van der Waals surface area contributed by atoms with Gasteiger partial charge in [0.15, 0.2) is 11.2 Å². The third-order valence-electron chi connectivity index (χ3n) is 9.54. The van der Waals surface area contributed by atoms with Gasteiger partial charge in [0.05, 0.1) is 10.8 Å². The van der Waals surface area contributed by atoms with Crippen LogP contribution in [0.4, 0.5) is 13.2 Å². The van der Waals surface area contributed by atoms with E-state index in [1.807, 2.05) is 20.8 Å². The molecule has 2 N–H and O–H groups in total. The van der Waals surface area contributed by atoms with Crippen LogP contribution in [0.2, 0.25) is 5.02 Å². The summed E-state index contributed by atoms with van der Waals surface area (Å²) in [5, 5.41) is 6.23. The zero-order chi connectivity index (χ0) is 36.4. The van der Waals surface area contributed by atoms with E-state index in [9.17, 15) is 32.3 Å². The van der Waals surface area contributed by atoms with E-state index < -0.39 is 45.5 Å². The summed E-state index contributed by atoms with van der Waals surface area (Å²) in [6.07, 6.45) is 6.11. The fraction of sp³-hybridized carbons (Fsp3) is 0.459. The number of nitrogens with zero attached hydrogens (tertiary/aromatic N) is 1. The molecule has 2 fully saturated rings. The van der Waals surface area contributed by atoms with Crippen LogP contribution in [0.3, 0.4) is 0 Å². The Balaban J connectivity index is 1.41. The van der Waals surface area contributed by atoms with Crippen LogP contribution in [0.25, 0.3) is 16.5 Å². The molecule has 3 amide bonds. The van der Waals surface area contributed by atoms with Gasteiger partial charge in [0.1, 0.15) is 11.6 Å². The number of benzene rings is 2. The van der Waals surface area contributed by atoms with Gasteiger partial charge in [-0.2, -0.15) is 13.2 Å². The Morgan fingerprint density at radius 1 is 1.00 bits per heavy atom. The number of likely N-dealkylation sites (tertiary alicyclic amines) is 1. The van der Waals surface area contributed by atoms with Gasteiger partial charge >= 0.3 is 5.51 Å². The van der Waals surface area contributed by atoms with E-state index in [0.29, 0.717) is 23.4 Å². The van der Waals surface area contributed by atoms with Gasteiger partial charge in [-0.3, -0.25) is 19.2 Å². The van der Waals surface area contributed by atoms with Gasteiger partial charge in [-0.15, -0.1) is 0 Å². The number of carbonyl (C=O) groups is 3. The lowest BCUT2D eigenvalue weighted by atomic mass is 9.63. The number of halogens is 4. The van der Waals surface area contributed by atoms with Crippen molar-refractivity contribution in [2.24, 2.45) is 11.3 Å². The first kappa shape index (κ1) is 37.5. The third kappa shape index (κ3) is 8.74. The molecule has 13 heteroatoms. The molecule has 1 aromatic heterocycles. The molecule has 1 saturated heterocycles. The van der Waals surface area contributed by atoms with Crippen molar-refractivity contribution in [1.29, 1.82) is 0 Å². The predicted molar refractivity (Wildman–Crippen MR) is 189 cm³/mol. The molecule has 8 nitrogen and oxygen atoms in total. The van der Waals surface area contributed by atoms with Crippen LogP contribution >= 0.6 is 23.4 Å². The number of hydrogen-bond acceptors (Lipinski definition) is 6. The summed E-state index contributed by atoms with van der Waals surface area (Å²) in [6.45, 7) is 10.6. The Kier molecular flexibility index (Phi) is 11.1. The van der Waals surface area contributed by atoms with E-state index >= 15 is 0 Å². The topological polar surface area (TPSA) is 109 Å². The van der Waals surface area contributed by atoms with Gasteiger partial charge in [-0.05, 0) is 106 Å². The number of thioether (sulfide) groups is 1. The van der Waals surface area contributed by atoms with Gasteiger partial charge in [0.25, 0.3) is 5.91 Å². The first-order valence-corrected chi connectivity index (χ1v) is 17.9. The van der Waals surface area contributed by atoms with Crippen molar-refractivity contribution in [3.63, 3.8) is 0 Å². The highest BCUT2D eigenvalue weighted by Crippen LogP contribution is 2.46. The van der Waals surface area contributed by atoms with E-state index in [1.165, 1.54) is 6.07 Å². The van der Waals surface area contributed by atoms with Gasteiger partial charge < -0.3 is 20.0 Å². The van der Waals surface area contributed by atoms with Crippen molar-refractivity contribution in [2.45, 2.75) is 87.7 Å². The van der Waals surface area contributed by atoms with Crippen molar-refractivity contribution in [3.8, 4) is 0 Å². The summed E-state index contributed by atoms with van der Waals surface area (Å²) in [5.74, 6) is -1.54. The van der Waals surface area contributed by atoms with E-state index in [4.69, 9.17) is 16.0 Å². The smallest absolute Gasteiger partial charge is 0.446 e. The monoisotopic (exact) mass is 731 g/mol. The first-order valence-electron chi connectivity index (χ1n) is 16.7. The van der Waals surface area contributed by atoms with Crippen LogP contribution in [0.5, 0.6) is 0 Å². The van der Waals surface area contributed by atoms with Crippen LogP contribution in [0.1, 0.15) is 81.8 Å². The molecule has 3 aromatic rings. The first-order chi connectivity index (χ1) is 23.5. The summed E-state index contributed by atoms with van der Waals surface area (Å²) >= 11 is 5.73. The standard InChI is InChI=1S/C37H41ClF3N3O5S/c1-22(23-10-12-25(38)13-11-23)31(42-32(46)30-21-28(45)27-20-26(50-37(39,40)41)14-15-29(27)49-30)33(47)44-18-16-36(17-19-44,24-8-6-5-7-9-24)34(48)43-35(2,3)4/h10-15,20-21,24,31H,1,5-9,16-19H2,2-4H3,(H,42,46)(H,43,48)/t31-/m1/s1. The van der Waals surface area contributed by atoms with Crippen LogP contribution in [0.15, 0.2) is 69.2 Å². The number of hydrogen-bond donors (Lipinski definition) is 2. The molecule has 1 saturated carbocycles. The van der Waals surface area contributed by atoms with Gasteiger partial charge in [-0.1, -0.05) is 49.6 Å². The Hall–Kier alpha value is -3.77. The Labute approximate surface area is 298 Å². The number of amides is 3. The molecular weight excluding hydrogens is 691 g/mol. The average Bonchev–Trinajstić information content (AvgIpc) is 3.06. The van der Waals surface area contributed by atoms with E-state index in [-0.39, 0.29) is 58.1 Å². The summed E-state index contributed by atoms with van der Waals surface area (Å²) < 4.78 is 44.4. The number of piperidine rings is 1. The largest absolute Gasteiger partial charge is 0.451 e. The fourth-order valence-electron chi connectivity index (χ4n) is 7.02. The van der Waals surface area contributed by atoms with Crippen molar-refractivity contribution in [1.82, 2.24) is 15.5 Å². The minimum absolute atomic E-state index is 0.00915. The zero-order valence-corrected chi connectivity index (χ0v) is 29.8. The molecule has 0 radical (unpaired) electrons. The normalized spacial score (nSPS) is 17.6. The third-order valence-corrected chi connectivity index (χ3v) is 10.5. The van der Waals surface area contributed by atoms with Gasteiger partial charge in [-0.25, -0.2) is 0 Å². The number of nitrogens with one attached hydrogen (secondary N) is 2. The van der Waals surface area contributed by atoms with Gasteiger partial charge in [0.2, 0.25) is 11.8 Å². The SMILES string of the molecule is C=C(c1ccc(Cl)cc1)[C@@H](NC(=O)c1cc(=O)c2cc(SC(F)(F)F)ccc2o1)C(=O)N1CCC(C(=O)NC(C)(C)C)(C2CCCCC2)CC1. The molecule has 1 aliphatic heterocycles. The highest BCUT2D eigenvalue weighted by atomic mass is 35.5. The second-order valence-electron chi connectivity index (χ2n) is 14.1. The van der Waals surface area contributed by atoms with Crippen molar-refractivity contribution < 1.29 is 32.0 Å². The van der Waals surface area contributed by atoms with Crippen LogP contribution in [0, 0.1) is 11.3 Å². The lowest BCUT2D eigenvalue weighted by molar-refractivity contribution is -0.146. The average molecular weight is 732 g/mol. The maximum absolute atomic E-state index is 14.3. The van der Waals surface area contributed by atoms with Crippen molar-refractivity contribution in [3.05, 3.63) is 81.7 Å². The van der Waals surface area contributed by atoms with E-state index in [0.717, 1.165) is 50.3 Å². The van der Waals surface area contributed by atoms with Crippen molar-refractivity contribution >= 4 is 57.6 Å². The maximum atomic E-state index is 14.3. The fourth-order valence-corrected chi connectivity index (χ4v) is 7.73. The van der Waals surface area contributed by atoms with E-state index in [1.54, 1.807) is 29.2 Å². The number of alkyl halides is 3. The lowest BCUT2D eigenvalue weighted by Gasteiger charge is -2.48. The van der Waals surface area contributed by atoms with E-state index in [2.05, 4.69) is 17.2 Å². The van der Waals surface area contributed by atoms with Crippen LogP contribution in [-0.4, -0.2) is 52.8 Å². The Morgan fingerprint density at radius 3 is 2.24 bits per heavy atom. The molecule has 5 rings (SSSR count). The van der Waals surface area contributed by atoms with Gasteiger partial charge in [0, 0.05) is 34.6 Å². The van der Waals surface area contributed by atoms with Crippen LogP contribution < -0.4 is 16.1 Å². The molecule has 50 heavy (non-hydrogen) atoms. The van der Waals surface area contributed by atoms with Crippen LogP contribution in [-0.2, 0) is 9.59 Å². The Morgan fingerprint density at radius 2 is 1.64 bits per heavy atom. The number of rotatable bonds is 8. The lowest BCUT2D eigenvalue weighted by Crippen LogP contribution is -2.58. The molecule has 0 unspecified atom stereocenters. The van der Waals surface area contributed by atoms with Crippen molar-refractivity contribution in [2.75, 3.05) is 13.1 Å². The minimum Gasteiger partial charge on any atom is -0.451 e. The molecule has 0 bridgehead atoms. The predicted octanol–water partition coefficient (Wildman–Crippen LogP) is 7.97. The molecule has 1 aliphatic carbocycles. The maximum Gasteiger partial charge on any atom is 0.446 e. The summed E-state index contributed by atoms with van der Waals surface area (Å²) in [4.78, 5) is 56.2. The molecular formula is C37H41ClF3N3O5S. The molecule has 2 aromatic carbocycles.